The SMILES string of the molecule is COCCOCCOCCOCCN1C[C@@H](C)C[C@H]2O[C@@]34CC[C@H]5C6CCC7=CC(=O)CC[C@]7(C)[C@H]6CC56CC63C[C@@H]4[C@@H]21. The summed E-state index contributed by atoms with van der Waals surface area (Å²) < 4.78 is 29.6. The van der Waals surface area contributed by atoms with E-state index in [2.05, 4.69) is 24.8 Å². The molecule has 3 spiro atoms. The minimum absolute atomic E-state index is 0.136. The first-order chi connectivity index (χ1) is 20.9. The smallest absolute Gasteiger partial charge is 0.155 e. The largest absolute Gasteiger partial charge is 0.382 e. The van der Waals surface area contributed by atoms with Gasteiger partial charge in [-0.25, -0.2) is 0 Å². The van der Waals surface area contributed by atoms with Crippen molar-refractivity contribution >= 4 is 5.78 Å². The average Bonchev–Trinajstić information content (AvgIpc) is 3.47. The first kappa shape index (κ1) is 29.6. The number of rotatable bonds is 12. The number of hydrogen-bond donors (Lipinski definition) is 0. The Kier molecular flexibility index (Phi) is 7.47. The van der Waals surface area contributed by atoms with Crippen LogP contribution in [0.15, 0.2) is 11.6 Å². The highest BCUT2D eigenvalue weighted by molar-refractivity contribution is 5.91. The summed E-state index contributed by atoms with van der Waals surface area (Å²) in [6.45, 7) is 11.6. The van der Waals surface area contributed by atoms with Crippen LogP contribution in [-0.4, -0.2) is 94.9 Å². The molecule has 8 aliphatic rings. The van der Waals surface area contributed by atoms with E-state index >= 15 is 0 Å². The molecule has 6 aliphatic carbocycles. The van der Waals surface area contributed by atoms with Crippen LogP contribution in [0.25, 0.3) is 0 Å². The zero-order chi connectivity index (χ0) is 29.5. The van der Waals surface area contributed by atoms with Gasteiger partial charge >= 0.3 is 0 Å². The summed E-state index contributed by atoms with van der Waals surface area (Å²) in [5, 5.41) is 0. The Morgan fingerprint density at radius 1 is 0.930 bits per heavy atom. The molecule has 7 nitrogen and oxygen atoms in total. The molecule has 7 heteroatoms. The third-order valence-corrected chi connectivity index (χ3v) is 14.6. The molecule has 8 rings (SSSR count). The maximum absolute atomic E-state index is 12.3. The van der Waals surface area contributed by atoms with Gasteiger partial charge in [0.15, 0.2) is 5.78 Å². The van der Waals surface area contributed by atoms with Crippen LogP contribution < -0.4 is 0 Å². The van der Waals surface area contributed by atoms with E-state index in [4.69, 9.17) is 23.7 Å². The second-order valence-corrected chi connectivity index (χ2v) is 16.1. The summed E-state index contributed by atoms with van der Waals surface area (Å²) in [6.07, 6.45) is 14.9. The van der Waals surface area contributed by atoms with Gasteiger partial charge in [-0.05, 0) is 98.4 Å². The third kappa shape index (κ3) is 4.23. The van der Waals surface area contributed by atoms with E-state index in [-0.39, 0.29) is 11.0 Å². The van der Waals surface area contributed by atoms with E-state index in [1.807, 2.05) is 0 Å². The molecule has 3 unspecified atom stereocenters. The Morgan fingerprint density at radius 2 is 1.70 bits per heavy atom. The Hall–Kier alpha value is -0.830. The maximum atomic E-state index is 12.3. The van der Waals surface area contributed by atoms with Crippen LogP contribution >= 0.6 is 0 Å². The van der Waals surface area contributed by atoms with Gasteiger partial charge in [0.1, 0.15) is 0 Å². The van der Waals surface area contributed by atoms with Gasteiger partial charge in [-0.15, -0.1) is 0 Å². The standard InChI is InChI=1S/C36H55NO6/c1-24-18-31-32(37(22-24)10-11-40-14-15-42-17-16-41-13-12-39-3)30-21-35-23-34(35)20-29-27(28(34)7-9-36(30,35)43-31)5-4-25-19-26(38)6-8-33(25,29)2/h19,24,27-32H,4-18,20-23H2,1-3H3/t24-,27?,28-,29-,30+,31+,32-,33-,34?,35?,36+/m0/s1. The number of fused-ring (bicyclic) bond motifs is 6. The summed E-state index contributed by atoms with van der Waals surface area (Å²) in [5.74, 6) is 4.30. The van der Waals surface area contributed by atoms with Crippen LogP contribution in [0, 0.1) is 45.8 Å². The quantitative estimate of drug-likeness (QED) is 0.291. The molecule has 43 heavy (non-hydrogen) atoms. The Labute approximate surface area is 258 Å². The molecule has 2 heterocycles. The molecule has 0 amide bonds. The summed E-state index contributed by atoms with van der Waals surface area (Å²) >= 11 is 0. The first-order valence-electron chi connectivity index (χ1n) is 17.8. The Balaban J connectivity index is 0.896. The minimum atomic E-state index is 0.136. The molecule has 0 bridgehead atoms. The van der Waals surface area contributed by atoms with Crippen LogP contribution in [0.4, 0.5) is 0 Å². The van der Waals surface area contributed by atoms with Crippen molar-refractivity contribution in [3.63, 3.8) is 0 Å². The van der Waals surface area contributed by atoms with Gasteiger partial charge in [0, 0.05) is 44.0 Å². The predicted octanol–water partition coefficient (Wildman–Crippen LogP) is 5.06. The van der Waals surface area contributed by atoms with Crippen molar-refractivity contribution in [3.05, 3.63) is 11.6 Å². The lowest BCUT2D eigenvalue weighted by molar-refractivity contribution is -0.211. The molecular formula is C36H55NO6. The van der Waals surface area contributed by atoms with Crippen LogP contribution in [0.3, 0.4) is 0 Å². The number of methoxy groups -OCH3 is 1. The fraction of sp³-hybridized carbons (Fsp3) is 0.917. The molecule has 2 aliphatic heterocycles. The van der Waals surface area contributed by atoms with E-state index in [1.54, 1.807) is 7.11 Å². The highest BCUT2D eigenvalue weighted by Crippen LogP contribution is 2.93. The van der Waals surface area contributed by atoms with Crippen LogP contribution in [-0.2, 0) is 28.5 Å². The van der Waals surface area contributed by atoms with Crippen molar-refractivity contribution in [2.75, 3.05) is 66.4 Å². The maximum Gasteiger partial charge on any atom is 0.155 e. The predicted molar refractivity (Wildman–Crippen MR) is 163 cm³/mol. The fourth-order valence-electron chi connectivity index (χ4n) is 12.9. The van der Waals surface area contributed by atoms with Crippen molar-refractivity contribution in [1.82, 2.24) is 4.90 Å². The number of carbonyl (C=O) groups excluding carboxylic acids is 1. The number of carbonyl (C=O) groups is 1. The van der Waals surface area contributed by atoms with Gasteiger partial charge in [-0.1, -0.05) is 19.4 Å². The molecule has 7 fully saturated rings. The zero-order valence-electron chi connectivity index (χ0n) is 27.0. The van der Waals surface area contributed by atoms with Gasteiger partial charge in [0.2, 0.25) is 0 Å². The summed E-state index contributed by atoms with van der Waals surface area (Å²) in [7, 11) is 1.69. The van der Waals surface area contributed by atoms with E-state index in [9.17, 15) is 4.79 Å². The minimum Gasteiger partial charge on any atom is -0.382 e. The van der Waals surface area contributed by atoms with Crippen LogP contribution in [0.1, 0.15) is 78.1 Å². The molecule has 0 aromatic carbocycles. The molecule has 11 atom stereocenters. The first-order valence-corrected chi connectivity index (χ1v) is 17.8. The lowest BCUT2D eigenvalue weighted by Crippen LogP contribution is -2.64. The monoisotopic (exact) mass is 597 g/mol. The number of nitrogens with zero attached hydrogens (tertiary/aromatic N) is 1. The number of piperidine rings is 1. The van der Waals surface area contributed by atoms with E-state index < -0.39 is 0 Å². The van der Waals surface area contributed by atoms with Crippen molar-refractivity contribution in [2.45, 2.75) is 95.8 Å². The van der Waals surface area contributed by atoms with Crippen molar-refractivity contribution < 1.29 is 28.5 Å². The lowest BCUT2D eigenvalue weighted by Gasteiger charge is -2.60. The Bertz CT molecular complexity index is 1130. The molecular weight excluding hydrogens is 542 g/mol. The lowest BCUT2D eigenvalue weighted by atomic mass is 9.47. The van der Waals surface area contributed by atoms with E-state index in [0.29, 0.717) is 80.2 Å². The van der Waals surface area contributed by atoms with Gasteiger partial charge in [-0.2, -0.15) is 0 Å². The number of allylic oxidation sites excluding steroid dienone is 2. The highest BCUT2D eigenvalue weighted by atomic mass is 16.6. The third-order valence-electron chi connectivity index (χ3n) is 14.6. The van der Waals surface area contributed by atoms with Crippen molar-refractivity contribution in [3.8, 4) is 0 Å². The average molecular weight is 598 g/mol. The fourth-order valence-corrected chi connectivity index (χ4v) is 12.9. The molecule has 5 saturated carbocycles. The van der Waals surface area contributed by atoms with E-state index in [1.165, 1.54) is 63.5 Å². The van der Waals surface area contributed by atoms with Crippen LogP contribution in [0.2, 0.25) is 0 Å². The van der Waals surface area contributed by atoms with Crippen molar-refractivity contribution in [1.29, 1.82) is 0 Å². The van der Waals surface area contributed by atoms with Gasteiger partial charge in [0.25, 0.3) is 0 Å². The molecule has 240 valence electrons. The number of likely N-dealkylation sites (tertiary alicyclic amines) is 1. The second kappa shape index (κ2) is 10.9. The molecule has 0 N–H and O–H groups in total. The number of hydrogen-bond acceptors (Lipinski definition) is 7. The summed E-state index contributed by atoms with van der Waals surface area (Å²) in [6, 6.07) is 0.570. The second-order valence-electron chi connectivity index (χ2n) is 16.1. The van der Waals surface area contributed by atoms with E-state index in [0.717, 1.165) is 43.7 Å². The van der Waals surface area contributed by atoms with Crippen LogP contribution in [0.5, 0.6) is 0 Å². The van der Waals surface area contributed by atoms with Crippen molar-refractivity contribution in [2.24, 2.45) is 45.8 Å². The molecule has 2 saturated heterocycles. The van der Waals surface area contributed by atoms with Gasteiger partial charge in [-0.3, -0.25) is 9.69 Å². The molecule has 0 radical (unpaired) electrons. The summed E-state index contributed by atoms with van der Waals surface area (Å²) in [5.41, 5.74) is 2.88. The number of ketones is 1. The van der Waals surface area contributed by atoms with Gasteiger partial charge < -0.3 is 23.7 Å². The molecule has 0 aromatic rings. The van der Waals surface area contributed by atoms with Gasteiger partial charge in [0.05, 0.1) is 58.0 Å². The summed E-state index contributed by atoms with van der Waals surface area (Å²) in [4.78, 5) is 15.1. The zero-order valence-corrected chi connectivity index (χ0v) is 27.0. The molecule has 0 aromatic heterocycles. The normalized spacial score (nSPS) is 49.0. The number of ether oxygens (including phenoxy) is 5. The highest BCUT2D eigenvalue weighted by Gasteiger charge is 2.91. The topological polar surface area (TPSA) is 66.5 Å². The Morgan fingerprint density at radius 3 is 2.49 bits per heavy atom.